The summed E-state index contributed by atoms with van der Waals surface area (Å²) in [6.07, 6.45) is 1.38. The van der Waals surface area contributed by atoms with E-state index in [-0.39, 0.29) is 24.0 Å². The Kier molecular flexibility index (Phi) is 5.36. The fourth-order valence-electron chi connectivity index (χ4n) is 4.55. The third-order valence-electron chi connectivity index (χ3n) is 6.29. The molecule has 5 rings (SSSR count). The Morgan fingerprint density at radius 1 is 1.06 bits per heavy atom. The van der Waals surface area contributed by atoms with Crippen LogP contribution in [0.2, 0.25) is 0 Å². The minimum absolute atomic E-state index is 0.0102. The summed E-state index contributed by atoms with van der Waals surface area (Å²) in [6.45, 7) is 2.82. The van der Waals surface area contributed by atoms with Crippen molar-refractivity contribution in [1.29, 1.82) is 0 Å². The van der Waals surface area contributed by atoms with Crippen LogP contribution in [-0.2, 0) is 12.7 Å². The number of rotatable bonds is 4. The molecule has 3 aromatic rings. The van der Waals surface area contributed by atoms with Crippen LogP contribution in [0.5, 0.6) is 0 Å². The van der Waals surface area contributed by atoms with Gasteiger partial charge in [0.05, 0.1) is 23.8 Å². The van der Waals surface area contributed by atoms with Crippen LogP contribution in [0.15, 0.2) is 33.7 Å². The van der Waals surface area contributed by atoms with Crippen LogP contribution in [0.25, 0.3) is 10.9 Å². The van der Waals surface area contributed by atoms with Gasteiger partial charge in [-0.2, -0.15) is 13.2 Å². The molecule has 1 aliphatic carbocycles. The zero-order valence-corrected chi connectivity index (χ0v) is 17.4. The largest absolute Gasteiger partial charge is 0.470 e. The Morgan fingerprint density at radius 3 is 2.50 bits per heavy atom. The van der Waals surface area contributed by atoms with E-state index < -0.39 is 12.1 Å². The minimum Gasteiger partial charge on any atom is -0.416 e. The molecule has 0 unspecified atom stereocenters. The minimum atomic E-state index is -4.63. The van der Waals surface area contributed by atoms with Crippen molar-refractivity contribution in [2.24, 2.45) is 0 Å². The number of nitrogens with zero attached hydrogens (tertiary/aromatic N) is 6. The van der Waals surface area contributed by atoms with E-state index in [2.05, 4.69) is 20.1 Å². The van der Waals surface area contributed by atoms with E-state index in [0.717, 1.165) is 31.4 Å². The molecule has 170 valence electrons. The molecule has 0 atom stereocenters. The van der Waals surface area contributed by atoms with Crippen LogP contribution in [-0.4, -0.2) is 50.8 Å². The van der Waals surface area contributed by atoms with Crippen LogP contribution in [0.1, 0.15) is 43.5 Å². The van der Waals surface area contributed by atoms with Crippen LogP contribution in [0.3, 0.4) is 0 Å². The van der Waals surface area contributed by atoms with Crippen molar-refractivity contribution in [1.82, 2.24) is 24.6 Å². The molecule has 1 aliphatic heterocycles. The van der Waals surface area contributed by atoms with Gasteiger partial charge in [-0.15, -0.1) is 10.2 Å². The molecule has 0 amide bonds. The number of halogens is 3. The second-order valence-electron chi connectivity index (χ2n) is 8.36. The predicted octanol–water partition coefficient (Wildman–Crippen LogP) is 3.24. The lowest BCUT2D eigenvalue weighted by molar-refractivity contribution is -0.157. The highest BCUT2D eigenvalue weighted by Crippen LogP contribution is 2.29. The first kappa shape index (κ1) is 20.9. The SMILES string of the molecule is O=c1c2ccc(N3CCN(Cc4nnc(C(F)(F)F)o4)CC3)cc2ncn1C1CCCC1. The Morgan fingerprint density at radius 2 is 1.81 bits per heavy atom. The highest BCUT2D eigenvalue weighted by molar-refractivity contribution is 5.81. The van der Waals surface area contributed by atoms with Crippen molar-refractivity contribution in [3.05, 3.63) is 46.7 Å². The van der Waals surface area contributed by atoms with Crippen molar-refractivity contribution < 1.29 is 17.6 Å². The van der Waals surface area contributed by atoms with Crippen molar-refractivity contribution >= 4 is 16.6 Å². The first-order valence-corrected chi connectivity index (χ1v) is 10.8. The van der Waals surface area contributed by atoms with Gasteiger partial charge in [0.1, 0.15) is 0 Å². The molecular formula is C21H23F3N6O2. The summed E-state index contributed by atoms with van der Waals surface area (Å²) >= 11 is 0. The maximum atomic E-state index is 12.9. The highest BCUT2D eigenvalue weighted by atomic mass is 19.4. The first-order valence-electron chi connectivity index (χ1n) is 10.8. The Balaban J connectivity index is 1.25. The van der Waals surface area contributed by atoms with E-state index in [0.29, 0.717) is 37.1 Å². The maximum absolute atomic E-state index is 12.9. The third kappa shape index (κ3) is 4.08. The summed E-state index contributed by atoms with van der Waals surface area (Å²) in [6, 6.07) is 5.96. The number of benzene rings is 1. The molecule has 2 aliphatic rings. The Hall–Kier alpha value is -2.95. The summed E-state index contributed by atoms with van der Waals surface area (Å²) in [4.78, 5) is 21.6. The molecule has 0 spiro atoms. The van der Waals surface area contributed by atoms with Crippen molar-refractivity contribution in [3.63, 3.8) is 0 Å². The number of anilines is 1. The van der Waals surface area contributed by atoms with Gasteiger partial charge in [-0.25, -0.2) is 4.98 Å². The topological polar surface area (TPSA) is 80.3 Å². The van der Waals surface area contributed by atoms with Crippen LogP contribution in [0, 0.1) is 0 Å². The molecular weight excluding hydrogens is 425 g/mol. The molecule has 32 heavy (non-hydrogen) atoms. The molecule has 2 aromatic heterocycles. The van der Waals surface area contributed by atoms with Gasteiger partial charge in [0.25, 0.3) is 5.56 Å². The molecule has 1 aromatic carbocycles. The van der Waals surface area contributed by atoms with Crippen molar-refractivity contribution in [2.45, 2.75) is 44.4 Å². The summed E-state index contributed by atoms with van der Waals surface area (Å²) < 4.78 is 44.3. The van der Waals surface area contributed by atoms with E-state index in [9.17, 15) is 18.0 Å². The summed E-state index contributed by atoms with van der Waals surface area (Å²) in [5, 5.41) is 7.19. The van der Waals surface area contributed by atoms with Crippen molar-refractivity contribution in [3.8, 4) is 0 Å². The van der Waals surface area contributed by atoms with E-state index in [1.165, 1.54) is 0 Å². The molecule has 2 fully saturated rings. The second-order valence-corrected chi connectivity index (χ2v) is 8.36. The van der Waals surface area contributed by atoms with Gasteiger partial charge < -0.3 is 9.32 Å². The number of fused-ring (bicyclic) bond motifs is 1. The molecule has 8 nitrogen and oxygen atoms in total. The Bertz CT molecular complexity index is 1160. The highest BCUT2D eigenvalue weighted by Gasteiger charge is 2.38. The van der Waals surface area contributed by atoms with Gasteiger partial charge >= 0.3 is 12.1 Å². The molecule has 0 N–H and O–H groups in total. The van der Waals surface area contributed by atoms with Gasteiger partial charge in [0.15, 0.2) is 0 Å². The number of hydrogen-bond donors (Lipinski definition) is 0. The fourth-order valence-corrected chi connectivity index (χ4v) is 4.55. The normalized spacial score (nSPS) is 18.7. The monoisotopic (exact) mass is 448 g/mol. The van der Waals surface area contributed by atoms with Gasteiger partial charge in [-0.05, 0) is 31.0 Å². The number of aromatic nitrogens is 4. The quantitative estimate of drug-likeness (QED) is 0.606. The summed E-state index contributed by atoms with van der Waals surface area (Å²) in [7, 11) is 0. The fraction of sp³-hybridized carbons (Fsp3) is 0.524. The van der Waals surface area contributed by atoms with E-state index in [1.807, 2.05) is 23.1 Å². The molecule has 0 bridgehead atoms. The summed E-state index contributed by atoms with van der Waals surface area (Å²) in [5.41, 5.74) is 1.66. The lowest BCUT2D eigenvalue weighted by atomic mass is 10.1. The number of piperazine rings is 1. The molecule has 1 saturated carbocycles. The van der Waals surface area contributed by atoms with Gasteiger partial charge in [-0.1, -0.05) is 12.8 Å². The third-order valence-corrected chi connectivity index (χ3v) is 6.29. The molecule has 3 heterocycles. The van der Waals surface area contributed by atoms with E-state index in [4.69, 9.17) is 4.42 Å². The molecule has 11 heteroatoms. The average molecular weight is 448 g/mol. The molecule has 0 radical (unpaired) electrons. The first-order chi connectivity index (χ1) is 15.4. The standard InChI is InChI=1S/C21H23F3N6O2/c22-21(23,24)20-27-26-18(32-20)12-28-7-9-29(10-8-28)15-5-6-16-17(11-15)25-13-30(19(16)31)14-3-1-2-4-14/h5-6,11,13-14H,1-4,7-10,12H2. The van der Waals surface area contributed by atoms with E-state index in [1.54, 1.807) is 10.9 Å². The lowest BCUT2D eigenvalue weighted by Gasteiger charge is -2.35. The average Bonchev–Trinajstić information content (AvgIpc) is 3.47. The zero-order chi connectivity index (χ0) is 22.3. The van der Waals surface area contributed by atoms with Crippen LogP contribution in [0.4, 0.5) is 18.9 Å². The smallest absolute Gasteiger partial charge is 0.416 e. The number of hydrogen-bond acceptors (Lipinski definition) is 7. The zero-order valence-electron chi connectivity index (χ0n) is 17.4. The van der Waals surface area contributed by atoms with Crippen molar-refractivity contribution in [2.75, 3.05) is 31.1 Å². The number of alkyl halides is 3. The van der Waals surface area contributed by atoms with Gasteiger partial charge in [0.2, 0.25) is 5.89 Å². The van der Waals surface area contributed by atoms with Gasteiger partial charge in [-0.3, -0.25) is 14.3 Å². The second kappa shape index (κ2) is 8.19. The lowest BCUT2D eigenvalue weighted by Crippen LogP contribution is -2.46. The predicted molar refractivity (Wildman–Crippen MR) is 110 cm³/mol. The Labute approximate surface area is 181 Å². The maximum Gasteiger partial charge on any atom is 0.470 e. The molecule has 1 saturated heterocycles. The van der Waals surface area contributed by atoms with Gasteiger partial charge in [0, 0.05) is 37.9 Å². The van der Waals surface area contributed by atoms with Crippen LogP contribution < -0.4 is 10.5 Å². The van der Waals surface area contributed by atoms with Crippen LogP contribution >= 0.6 is 0 Å². The van der Waals surface area contributed by atoms with E-state index >= 15 is 0 Å². The summed E-state index contributed by atoms with van der Waals surface area (Å²) in [5.74, 6) is -1.36.